The molecule has 0 unspecified atom stereocenters. The first kappa shape index (κ1) is 14.0. The quantitative estimate of drug-likeness (QED) is 0.508. The molecule has 0 saturated heterocycles. The number of amidine groups is 1. The van der Waals surface area contributed by atoms with E-state index in [0.29, 0.717) is 16.9 Å². The average molecular weight is 340 g/mol. The van der Waals surface area contributed by atoms with E-state index in [9.17, 15) is 4.39 Å². The molecule has 3 nitrogen and oxygen atoms in total. The van der Waals surface area contributed by atoms with Gasteiger partial charge in [0.05, 0.1) is 0 Å². The fraction of sp³-hybridized carbons (Fsp3) is 0.0769. The molecule has 0 aliphatic heterocycles. The van der Waals surface area contributed by atoms with Gasteiger partial charge in [-0.1, -0.05) is 12.1 Å². The molecule has 6 heteroatoms. The number of nitrogen functional groups attached to an aromatic ring is 1. The SMILES string of the molecule is N=C(N)c1ccc(CSc2ncccc2Br)c(F)c1. The molecule has 0 aliphatic rings. The van der Waals surface area contributed by atoms with Gasteiger partial charge in [-0.15, -0.1) is 11.8 Å². The van der Waals surface area contributed by atoms with Crippen LogP contribution >= 0.6 is 27.7 Å². The number of nitrogens with two attached hydrogens (primary N) is 1. The zero-order valence-electron chi connectivity index (χ0n) is 9.86. The van der Waals surface area contributed by atoms with Gasteiger partial charge in [0.1, 0.15) is 16.7 Å². The summed E-state index contributed by atoms with van der Waals surface area (Å²) in [5, 5.41) is 8.07. The second kappa shape index (κ2) is 6.16. The van der Waals surface area contributed by atoms with Crippen molar-refractivity contribution in [3.8, 4) is 0 Å². The van der Waals surface area contributed by atoms with Gasteiger partial charge < -0.3 is 5.73 Å². The standard InChI is InChI=1S/C13H11BrFN3S/c14-10-2-1-5-18-13(10)19-7-9-4-3-8(12(16)17)6-11(9)15/h1-6H,7H2,(H3,16,17). The Morgan fingerprint density at radius 1 is 1.42 bits per heavy atom. The highest BCUT2D eigenvalue weighted by Crippen LogP contribution is 2.28. The first-order chi connectivity index (χ1) is 9.08. The summed E-state index contributed by atoms with van der Waals surface area (Å²) < 4.78 is 14.7. The van der Waals surface area contributed by atoms with Crippen LogP contribution in [0.2, 0.25) is 0 Å². The number of rotatable bonds is 4. The van der Waals surface area contributed by atoms with Gasteiger partial charge in [-0.05, 0) is 39.7 Å². The van der Waals surface area contributed by atoms with Crippen molar-refractivity contribution in [2.75, 3.05) is 0 Å². The van der Waals surface area contributed by atoms with E-state index in [1.54, 1.807) is 18.3 Å². The minimum atomic E-state index is -0.354. The van der Waals surface area contributed by atoms with Crippen molar-refractivity contribution in [2.24, 2.45) is 5.73 Å². The van der Waals surface area contributed by atoms with Crippen LogP contribution in [-0.4, -0.2) is 10.8 Å². The number of halogens is 2. The van der Waals surface area contributed by atoms with Crippen LogP contribution in [0.15, 0.2) is 46.0 Å². The molecule has 0 atom stereocenters. The second-order valence-electron chi connectivity index (χ2n) is 3.80. The van der Waals surface area contributed by atoms with Crippen molar-refractivity contribution in [3.63, 3.8) is 0 Å². The number of nitrogens with one attached hydrogen (secondary N) is 1. The van der Waals surface area contributed by atoms with E-state index in [4.69, 9.17) is 11.1 Å². The van der Waals surface area contributed by atoms with E-state index in [1.807, 2.05) is 12.1 Å². The first-order valence-corrected chi connectivity index (χ1v) is 7.22. The third-order valence-corrected chi connectivity index (χ3v) is 4.41. The maximum absolute atomic E-state index is 13.8. The number of aromatic nitrogens is 1. The summed E-state index contributed by atoms with van der Waals surface area (Å²) in [6, 6.07) is 8.30. The van der Waals surface area contributed by atoms with Crippen molar-refractivity contribution in [1.29, 1.82) is 5.41 Å². The molecule has 0 fully saturated rings. The summed E-state index contributed by atoms with van der Waals surface area (Å²) >= 11 is 4.84. The molecule has 19 heavy (non-hydrogen) atoms. The molecule has 0 spiro atoms. The van der Waals surface area contributed by atoms with Gasteiger partial charge in [0.2, 0.25) is 0 Å². The highest BCUT2D eigenvalue weighted by molar-refractivity contribution is 9.10. The van der Waals surface area contributed by atoms with E-state index >= 15 is 0 Å². The Kier molecular flexibility index (Phi) is 4.55. The summed E-state index contributed by atoms with van der Waals surface area (Å²) in [6.45, 7) is 0. The van der Waals surface area contributed by atoms with Crippen LogP contribution in [0.5, 0.6) is 0 Å². The predicted octanol–water partition coefficient (Wildman–Crippen LogP) is 3.56. The molecule has 2 aromatic rings. The lowest BCUT2D eigenvalue weighted by Gasteiger charge is -2.06. The number of nitrogens with zero attached hydrogens (tertiary/aromatic N) is 1. The van der Waals surface area contributed by atoms with Gasteiger partial charge >= 0.3 is 0 Å². The summed E-state index contributed by atoms with van der Waals surface area (Å²) in [4.78, 5) is 4.21. The zero-order chi connectivity index (χ0) is 13.8. The number of thioether (sulfide) groups is 1. The van der Waals surface area contributed by atoms with Gasteiger partial charge in [-0.25, -0.2) is 9.37 Å². The molecule has 2 rings (SSSR count). The maximum atomic E-state index is 13.8. The van der Waals surface area contributed by atoms with Crippen LogP contribution in [0.3, 0.4) is 0 Å². The summed E-state index contributed by atoms with van der Waals surface area (Å²) in [6.07, 6.45) is 1.70. The number of hydrogen-bond donors (Lipinski definition) is 2. The smallest absolute Gasteiger partial charge is 0.127 e. The van der Waals surface area contributed by atoms with Crippen molar-refractivity contribution >= 4 is 33.5 Å². The minimum absolute atomic E-state index is 0.134. The van der Waals surface area contributed by atoms with Crippen LogP contribution < -0.4 is 5.73 Å². The molecule has 0 radical (unpaired) electrons. The van der Waals surface area contributed by atoms with Gasteiger partial charge in [0.15, 0.2) is 0 Å². The third-order valence-electron chi connectivity index (χ3n) is 2.45. The lowest BCUT2D eigenvalue weighted by atomic mass is 10.1. The molecule has 3 N–H and O–H groups in total. The number of hydrogen-bond acceptors (Lipinski definition) is 3. The molecular formula is C13H11BrFN3S. The van der Waals surface area contributed by atoms with E-state index in [2.05, 4.69) is 20.9 Å². The van der Waals surface area contributed by atoms with Gasteiger partial charge in [-0.2, -0.15) is 0 Å². The highest BCUT2D eigenvalue weighted by atomic mass is 79.9. The molecule has 0 bridgehead atoms. The highest BCUT2D eigenvalue weighted by Gasteiger charge is 2.07. The van der Waals surface area contributed by atoms with Crippen molar-refractivity contribution in [2.45, 2.75) is 10.8 Å². The minimum Gasteiger partial charge on any atom is -0.384 e. The Bertz CT molecular complexity index is 619. The third kappa shape index (κ3) is 3.54. The molecule has 0 amide bonds. The Hall–Kier alpha value is -1.40. The van der Waals surface area contributed by atoms with Crippen LogP contribution in [0.1, 0.15) is 11.1 Å². The predicted molar refractivity (Wildman–Crippen MR) is 78.9 cm³/mol. The normalized spacial score (nSPS) is 10.4. The zero-order valence-corrected chi connectivity index (χ0v) is 12.3. The molecule has 0 saturated carbocycles. The van der Waals surface area contributed by atoms with Gasteiger partial charge in [0, 0.05) is 22.0 Å². The number of benzene rings is 1. The Morgan fingerprint density at radius 3 is 2.84 bits per heavy atom. The first-order valence-electron chi connectivity index (χ1n) is 5.44. The van der Waals surface area contributed by atoms with Crippen molar-refractivity contribution < 1.29 is 4.39 Å². The molecule has 1 heterocycles. The topological polar surface area (TPSA) is 62.8 Å². The molecule has 1 aromatic heterocycles. The Balaban J connectivity index is 2.12. The lowest BCUT2D eigenvalue weighted by Crippen LogP contribution is -2.11. The number of pyridine rings is 1. The Morgan fingerprint density at radius 2 is 2.21 bits per heavy atom. The van der Waals surface area contributed by atoms with Gasteiger partial charge in [-0.3, -0.25) is 5.41 Å². The van der Waals surface area contributed by atoms with E-state index < -0.39 is 0 Å². The van der Waals surface area contributed by atoms with Gasteiger partial charge in [0.25, 0.3) is 0 Å². The fourth-order valence-electron chi connectivity index (χ4n) is 1.46. The van der Waals surface area contributed by atoms with Crippen LogP contribution in [0.4, 0.5) is 4.39 Å². The van der Waals surface area contributed by atoms with Crippen molar-refractivity contribution in [3.05, 3.63) is 57.9 Å². The molecular weight excluding hydrogens is 329 g/mol. The Labute approximate surface area is 123 Å². The average Bonchev–Trinajstić information content (AvgIpc) is 2.39. The monoisotopic (exact) mass is 339 g/mol. The summed E-state index contributed by atoms with van der Waals surface area (Å²) in [5.41, 5.74) is 6.27. The molecule has 0 aliphatic carbocycles. The van der Waals surface area contributed by atoms with Crippen LogP contribution in [-0.2, 0) is 5.75 Å². The summed E-state index contributed by atoms with van der Waals surface area (Å²) in [5.74, 6) is -0.0163. The van der Waals surface area contributed by atoms with Crippen LogP contribution in [0, 0.1) is 11.2 Å². The van der Waals surface area contributed by atoms with Crippen LogP contribution in [0.25, 0.3) is 0 Å². The maximum Gasteiger partial charge on any atom is 0.127 e. The largest absolute Gasteiger partial charge is 0.384 e. The van der Waals surface area contributed by atoms with E-state index in [1.165, 1.54) is 17.8 Å². The second-order valence-corrected chi connectivity index (χ2v) is 5.62. The lowest BCUT2D eigenvalue weighted by molar-refractivity contribution is 0.617. The fourth-order valence-corrected chi connectivity index (χ4v) is 2.92. The summed E-state index contributed by atoms with van der Waals surface area (Å²) in [7, 11) is 0. The molecule has 98 valence electrons. The van der Waals surface area contributed by atoms with E-state index in [-0.39, 0.29) is 11.7 Å². The van der Waals surface area contributed by atoms with Crippen molar-refractivity contribution in [1.82, 2.24) is 4.98 Å². The van der Waals surface area contributed by atoms with E-state index in [0.717, 1.165) is 9.50 Å². The molecule has 1 aromatic carbocycles.